The van der Waals surface area contributed by atoms with Gasteiger partial charge in [0.15, 0.2) is 0 Å². The predicted molar refractivity (Wildman–Crippen MR) is 101 cm³/mol. The molecule has 0 bridgehead atoms. The Hall–Kier alpha value is -4.01. The van der Waals surface area contributed by atoms with Gasteiger partial charge in [0.2, 0.25) is 5.88 Å². The van der Waals surface area contributed by atoms with Gasteiger partial charge in [0, 0.05) is 36.5 Å². The van der Waals surface area contributed by atoms with Crippen LogP contribution < -0.4 is 5.56 Å². The summed E-state index contributed by atoms with van der Waals surface area (Å²) < 4.78 is 1.30. The smallest absolute Gasteiger partial charge is 0.269 e. The SMILES string of the molecule is Cc1nn2c(O)c(Cc3ccc([N+](=O)[O-])cc3)c(=O)[nH]c2c1-c1ccncc1. The van der Waals surface area contributed by atoms with Gasteiger partial charge >= 0.3 is 0 Å². The number of aryl methyl sites for hydroxylation is 1. The molecule has 2 N–H and O–H groups in total. The highest BCUT2D eigenvalue weighted by Gasteiger charge is 2.19. The third-order valence-electron chi connectivity index (χ3n) is 4.53. The summed E-state index contributed by atoms with van der Waals surface area (Å²) >= 11 is 0. The van der Waals surface area contributed by atoms with Crippen molar-refractivity contribution < 1.29 is 10.0 Å². The van der Waals surface area contributed by atoms with Crippen molar-refractivity contribution in [2.24, 2.45) is 0 Å². The first-order valence-electron chi connectivity index (χ1n) is 8.43. The van der Waals surface area contributed by atoms with E-state index in [1.54, 1.807) is 43.6 Å². The summed E-state index contributed by atoms with van der Waals surface area (Å²) in [5.41, 5.74) is 2.86. The summed E-state index contributed by atoms with van der Waals surface area (Å²) in [6.45, 7) is 1.79. The van der Waals surface area contributed by atoms with Crippen LogP contribution in [0.1, 0.15) is 16.8 Å². The molecule has 0 aliphatic rings. The molecule has 0 amide bonds. The van der Waals surface area contributed by atoms with Gasteiger partial charge in [-0.05, 0) is 30.2 Å². The van der Waals surface area contributed by atoms with Crippen molar-refractivity contribution in [3.8, 4) is 17.0 Å². The highest BCUT2D eigenvalue weighted by atomic mass is 16.6. The first-order valence-corrected chi connectivity index (χ1v) is 8.43. The topological polar surface area (TPSA) is 126 Å². The molecule has 0 atom stereocenters. The lowest BCUT2D eigenvalue weighted by Crippen LogP contribution is -2.16. The fourth-order valence-corrected chi connectivity index (χ4v) is 3.17. The molecule has 0 saturated carbocycles. The molecule has 3 aromatic heterocycles. The van der Waals surface area contributed by atoms with E-state index in [2.05, 4.69) is 15.1 Å². The Labute approximate surface area is 158 Å². The number of nitro groups is 1. The standard InChI is InChI=1S/C19H15N5O4/c1-11-16(13-6-8-20-9-7-13)17-21-18(25)15(19(26)23(17)22-11)10-12-2-4-14(5-3-12)24(27)28/h2-9,26H,10H2,1H3,(H,21,25). The quantitative estimate of drug-likeness (QED) is 0.416. The number of hydrogen-bond acceptors (Lipinski definition) is 6. The number of aromatic nitrogens is 4. The van der Waals surface area contributed by atoms with E-state index in [0.717, 1.165) is 5.56 Å². The van der Waals surface area contributed by atoms with Crippen molar-refractivity contribution >= 4 is 11.3 Å². The lowest BCUT2D eigenvalue weighted by atomic mass is 10.1. The second-order valence-corrected chi connectivity index (χ2v) is 6.31. The monoisotopic (exact) mass is 377 g/mol. The van der Waals surface area contributed by atoms with Gasteiger partial charge < -0.3 is 10.1 Å². The number of rotatable bonds is 4. The third-order valence-corrected chi connectivity index (χ3v) is 4.53. The Balaban J connectivity index is 1.81. The molecule has 4 rings (SSSR count). The first-order chi connectivity index (χ1) is 13.5. The number of non-ortho nitro benzene ring substituents is 1. The number of nitrogens with one attached hydrogen (secondary N) is 1. The minimum absolute atomic E-state index is 0.0398. The predicted octanol–water partition coefficient (Wildman–Crippen LogP) is 2.60. The number of pyridine rings is 1. The van der Waals surface area contributed by atoms with Crippen LogP contribution in [0.15, 0.2) is 53.6 Å². The molecule has 0 radical (unpaired) electrons. The first kappa shape index (κ1) is 17.4. The number of aromatic amines is 1. The molecule has 0 fully saturated rings. The van der Waals surface area contributed by atoms with Gasteiger partial charge in [0.25, 0.3) is 11.2 Å². The summed E-state index contributed by atoms with van der Waals surface area (Å²) in [7, 11) is 0. The van der Waals surface area contributed by atoms with Crippen LogP contribution in [-0.2, 0) is 6.42 Å². The normalized spacial score (nSPS) is 11.0. The van der Waals surface area contributed by atoms with Crippen molar-refractivity contribution in [2.45, 2.75) is 13.3 Å². The number of H-pyrrole nitrogens is 1. The van der Waals surface area contributed by atoms with E-state index in [1.807, 2.05) is 0 Å². The number of aromatic hydroxyl groups is 1. The minimum Gasteiger partial charge on any atom is -0.493 e. The number of benzene rings is 1. The van der Waals surface area contributed by atoms with Crippen LogP contribution in [0.25, 0.3) is 16.8 Å². The van der Waals surface area contributed by atoms with Gasteiger partial charge in [-0.1, -0.05) is 12.1 Å². The highest BCUT2D eigenvalue weighted by molar-refractivity contribution is 5.79. The van der Waals surface area contributed by atoms with E-state index in [-0.39, 0.29) is 23.6 Å². The molecule has 9 heteroatoms. The van der Waals surface area contributed by atoms with Crippen LogP contribution in [-0.4, -0.2) is 29.6 Å². The minimum atomic E-state index is -0.493. The fraction of sp³-hybridized carbons (Fsp3) is 0.105. The van der Waals surface area contributed by atoms with Crippen LogP contribution in [0.2, 0.25) is 0 Å². The summed E-state index contributed by atoms with van der Waals surface area (Å²) in [6.07, 6.45) is 3.39. The largest absolute Gasteiger partial charge is 0.493 e. The lowest BCUT2D eigenvalue weighted by molar-refractivity contribution is -0.384. The van der Waals surface area contributed by atoms with E-state index in [0.29, 0.717) is 22.5 Å². The summed E-state index contributed by atoms with van der Waals surface area (Å²) in [6, 6.07) is 9.42. The zero-order valence-electron chi connectivity index (χ0n) is 14.8. The summed E-state index contributed by atoms with van der Waals surface area (Å²) in [5.74, 6) is -0.263. The molecule has 3 heterocycles. The van der Waals surface area contributed by atoms with Gasteiger partial charge in [0.1, 0.15) is 5.65 Å². The van der Waals surface area contributed by atoms with Crippen molar-refractivity contribution in [3.63, 3.8) is 0 Å². The van der Waals surface area contributed by atoms with Gasteiger partial charge in [-0.2, -0.15) is 9.61 Å². The Morgan fingerprint density at radius 1 is 1.18 bits per heavy atom. The third kappa shape index (κ3) is 2.88. The number of hydrogen-bond donors (Lipinski definition) is 2. The van der Waals surface area contributed by atoms with E-state index in [4.69, 9.17) is 0 Å². The van der Waals surface area contributed by atoms with Crippen LogP contribution >= 0.6 is 0 Å². The van der Waals surface area contributed by atoms with Gasteiger partial charge in [-0.15, -0.1) is 0 Å². The molecule has 1 aromatic carbocycles. The number of nitro benzene ring substituents is 1. The maximum Gasteiger partial charge on any atom is 0.269 e. The average Bonchev–Trinajstić information content (AvgIpc) is 3.02. The van der Waals surface area contributed by atoms with Crippen LogP contribution in [0, 0.1) is 17.0 Å². The Bertz CT molecular complexity index is 1240. The van der Waals surface area contributed by atoms with Crippen LogP contribution in [0.4, 0.5) is 5.69 Å². The molecule has 0 unspecified atom stereocenters. The van der Waals surface area contributed by atoms with E-state index >= 15 is 0 Å². The van der Waals surface area contributed by atoms with Crippen molar-refractivity contribution in [1.82, 2.24) is 19.6 Å². The molecule has 0 aliphatic heterocycles. The Morgan fingerprint density at radius 2 is 1.86 bits per heavy atom. The molecule has 0 saturated heterocycles. The van der Waals surface area contributed by atoms with Crippen LogP contribution in [0.5, 0.6) is 5.88 Å². The van der Waals surface area contributed by atoms with Crippen LogP contribution in [0.3, 0.4) is 0 Å². The van der Waals surface area contributed by atoms with Crippen molar-refractivity contribution in [3.05, 3.63) is 86.1 Å². The van der Waals surface area contributed by atoms with E-state index < -0.39 is 10.5 Å². The molecule has 9 nitrogen and oxygen atoms in total. The second-order valence-electron chi connectivity index (χ2n) is 6.31. The Kier molecular flexibility index (Phi) is 4.11. The molecule has 28 heavy (non-hydrogen) atoms. The number of nitrogens with zero attached hydrogens (tertiary/aromatic N) is 4. The average molecular weight is 377 g/mol. The summed E-state index contributed by atoms with van der Waals surface area (Å²) in [4.78, 5) is 29.7. The highest BCUT2D eigenvalue weighted by Crippen LogP contribution is 2.29. The zero-order chi connectivity index (χ0) is 19.8. The van der Waals surface area contributed by atoms with Gasteiger partial charge in [0.05, 0.1) is 16.2 Å². The Morgan fingerprint density at radius 3 is 2.50 bits per heavy atom. The molecule has 0 aliphatic carbocycles. The molecule has 4 aromatic rings. The maximum atomic E-state index is 12.6. The van der Waals surface area contributed by atoms with E-state index in [9.17, 15) is 20.0 Å². The van der Waals surface area contributed by atoms with E-state index in [1.165, 1.54) is 16.6 Å². The fourth-order valence-electron chi connectivity index (χ4n) is 3.17. The van der Waals surface area contributed by atoms with Gasteiger partial charge in [-0.25, -0.2) is 0 Å². The van der Waals surface area contributed by atoms with Crippen molar-refractivity contribution in [2.75, 3.05) is 0 Å². The number of fused-ring (bicyclic) bond motifs is 1. The van der Waals surface area contributed by atoms with Crippen molar-refractivity contribution in [1.29, 1.82) is 0 Å². The van der Waals surface area contributed by atoms with Gasteiger partial charge in [-0.3, -0.25) is 19.9 Å². The molecular formula is C19H15N5O4. The molecule has 0 spiro atoms. The maximum absolute atomic E-state index is 12.6. The zero-order valence-corrected chi connectivity index (χ0v) is 14.8. The molecule has 140 valence electrons. The lowest BCUT2D eigenvalue weighted by Gasteiger charge is -2.07. The summed E-state index contributed by atoms with van der Waals surface area (Å²) in [5, 5.41) is 25.8. The second kappa shape index (κ2) is 6.62. The molecular weight excluding hydrogens is 362 g/mol.